The van der Waals surface area contributed by atoms with Crippen LogP contribution in [0.2, 0.25) is 0 Å². The van der Waals surface area contributed by atoms with Gasteiger partial charge in [0.1, 0.15) is 4.90 Å². The number of guanidine groups is 1. The topological polar surface area (TPSA) is 70.6 Å². The van der Waals surface area contributed by atoms with Crippen LogP contribution >= 0.6 is 0 Å². The predicted octanol–water partition coefficient (Wildman–Crippen LogP) is 2.28. The van der Waals surface area contributed by atoms with Gasteiger partial charge in [0.15, 0.2) is 0 Å². The van der Waals surface area contributed by atoms with Gasteiger partial charge in [-0.25, -0.2) is 0 Å². The van der Waals surface area contributed by atoms with E-state index in [4.69, 9.17) is 0 Å². The Balaban J connectivity index is 2.46. The molecule has 0 atom stereocenters. The number of sulfonamides is 1. The van der Waals surface area contributed by atoms with Crippen LogP contribution < -0.4 is 10.6 Å². The van der Waals surface area contributed by atoms with E-state index in [0.717, 1.165) is 5.56 Å². The van der Waals surface area contributed by atoms with Gasteiger partial charge in [0.05, 0.1) is 5.69 Å². The normalized spacial score (nSPS) is 16.8. The fraction of sp³-hybridized carbons (Fsp3) is 0.462. The summed E-state index contributed by atoms with van der Waals surface area (Å²) >= 11 is 0. The molecule has 1 aliphatic rings. The largest absolute Gasteiger partial charge is 0.353 e. The van der Waals surface area contributed by atoms with Crippen LogP contribution in [0.1, 0.15) is 39.2 Å². The van der Waals surface area contributed by atoms with E-state index in [9.17, 15) is 8.42 Å². The number of fused-ring (bicyclic) bond motifs is 1. The summed E-state index contributed by atoms with van der Waals surface area (Å²) in [5.74, 6) is 0.624. The van der Waals surface area contributed by atoms with Gasteiger partial charge in [-0.2, -0.15) is 8.42 Å². The quantitative estimate of drug-likeness (QED) is 0.872. The number of nitrogens with one attached hydrogen (secondary N) is 2. The van der Waals surface area contributed by atoms with Crippen LogP contribution in [0.4, 0.5) is 5.69 Å². The first kappa shape index (κ1) is 13.9. The zero-order valence-electron chi connectivity index (χ0n) is 11.6. The number of rotatable bonds is 2. The minimum Gasteiger partial charge on any atom is -0.353 e. The van der Waals surface area contributed by atoms with Crippen molar-refractivity contribution in [2.24, 2.45) is 4.40 Å². The van der Waals surface area contributed by atoms with E-state index in [2.05, 4.69) is 28.9 Å². The fourth-order valence-corrected chi connectivity index (χ4v) is 2.95. The zero-order chi connectivity index (χ0) is 14.2. The summed E-state index contributed by atoms with van der Waals surface area (Å²) in [4.78, 5) is 0.228. The summed E-state index contributed by atoms with van der Waals surface area (Å²) in [6.45, 7) is 7.99. The van der Waals surface area contributed by atoms with Crippen molar-refractivity contribution in [1.29, 1.82) is 0 Å². The molecule has 0 unspecified atom stereocenters. The molecule has 0 saturated heterocycles. The lowest BCUT2D eigenvalue weighted by atomic mass is 10.0. The van der Waals surface area contributed by atoms with Gasteiger partial charge in [0.25, 0.3) is 10.0 Å². The number of hydrogen-bond donors (Lipinski definition) is 2. The minimum atomic E-state index is -3.62. The van der Waals surface area contributed by atoms with Crippen LogP contribution in [0.15, 0.2) is 27.5 Å². The highest BCUT2D eigenvalue weighted by Crippen LogP contribution is 2.30. The van der Waals surface area contributed by atoms with Crippen molar-refractivity contribution in [3.8, 4) is 0 Å². The standard InChI is InChI=1S/C13H19N3O2S/c1-8(2)10-5-6-12-11(7-10)15-13(14-9(3)4)16-19(12,17)18/h5-9H,1-4H3,(H2,14,15,16). The molecule has 0 fully saturated rings. The van der Waals surface area contributed by atoms with Crippen LogP contribution in [0, 0.1) is 0 Å². The summed E-state index contributed by atoms with van der Waals surface area (Å²) in [6, 6.07) is 5.42. The lowest BCUT2D eigenvalue weighted by molar-refractivity contribution is 0.597. The Hall–Kier alpha value is -1.56. The Morgan fingerprint density at radius 1 is 1.21 bits per heavy atom. The number of benzene rings is 1. The first-order chi connectivity index (χ1) is 8.79. The molecule has 6 heteroatoms. The van der Waals surface area contributed by atoms with E-state index in [1.165, 1.54) is 0 Å². The van der Waals surface area contributed by atoms with E-state index in [0.29, 0.717) is 11.6 Å². The van der Waals surface area contributed by atoms with Gasteiger partial charge >= 0.3 is 0 Å². The van der Waals surface area contributed by atoms with Crippen LogP contribution in [0.25, 0.3) is 0 Å². The summed E-state index contributed by atoms with van der Waals surface area (Å²) in [5.41, 5.74) is 1.68. The van der Waals surface area contributed by atoms with Crippen molar-refractivity contribution in [1.82, 2.24) is 5.32 Å². The highest BCUT2D eigenvalue weighted by molar-refractivity contribution is 7.90. The maximum atomic E-state index is 12.1. The maximum Gasteiger partial charge on any atom is 0.287 e. The second-order valence-electron chi connectivity index (χ2n) is 5.25. The van der Waals surface area contributed by atoms with E-state index < -0.39 is 10.0 Å². The molecule has 0 bridgehead atoms. The van der Waals surface area contributed by atoms with E-state index in [1.807, 2.05) is 26.0 Å². The van der Waals surface area contributed by atoms with Crippen LogP contribution in [0.5, 0.6) is 0 Å². The van der Waals surface area contributed by atoms with E-state index in [1.54, 1.807) is 6.07 Å². The molecule has 1 aromatic rings. The average molecular weight is 281 g/mol. The lowest BCUT2D eigenvalue weighted by Gasteiger charge is -2.21. The van der Waals surface area contributed by atoms with Crippen LogP contribution in [-0.4, -0.2) is 20.4 Å². The number of nitrogens with zero attached hydrogens (tertiary/aromatic N) is 1. The van der Waals surface area contributed by atoms with Crippen molar-refractivity contribution in [2.45, 2.75) is 44.6 Å². The van der Waals surface area contributed by atoms with Crippen LogP contribution in [0.3, 0.4) is 0 Å². The highest BCUT2D eigenvalue weighted by atomic mass is 32.2. The first-order valence-corrected chi connectivity index (χ1v) is 7.76. The molecule has 0 aliphatic carbocycles. The molecule has 104 valence electrons. The molecule has 0 saturated carbocycles. The van der Waals surface area contributed by atoms with E-state index in [-0.39, 0.29) is 16.9 Å². The van der Waals surface area contributed by atoms with Crippen molar-refractivity contribution < 1.29 is 8.42 Å². The molecule has 0 aromatic heterocycles. The van der Waals surface area contributed by atoms with Gasteiger partial charge in [-0.05, 0) is 37.5 Å². The summed E-state index contributed by atoms with van der Waals surface area (Å²) in [5, 5.41) is 6.03. The monoisotopic (exact) mass is 281 g/mol. The average Bonchev–Trinajstić information content (AvgIpc) is 2.26. The van der Waals surface area contributed by atoms with Crippen molar-refractivity contribution in [3.63, 3.8) is 0 Å². The molecule has 1 heterocycles. The van der Waals surface area contributed by atoms with Gasteiger partial charge in [-0.1, -0.05) is 19.9 Å². The molecule has 19 heavy (non-hydrogen) atoms. The minimum absolute atomic E-state index is 0.108. The number of anilines is 1. The molecule has 0 amide bonds. The Kier molecular flexibility index (Phi) is 3.54. The molecule has 0 radical (unpaired) electrons. The third-order valence-electron chi connectivity index (χ3n) is 2.84. The molecule has 0 spiro atoms. The van der Waals surface area contributed by atoms with Gasteiger partial charge in [0, 0.05) is 6.04 Å². The van der Waals surface area contributed by atoms with Crippen molar-refractivity contribution in [2.75, 3.05) is 5.32 Å². The Labute approximate surface area is 114 Å². The zero-order valence-corrected chi connectivity index (χ0v) is 12.4. The van der Waals surface area contributed by atoms with Gasteiger partial charge in [-0.15, -0.1) is 4.40 Å². The summed E-state index contributed by atoms with van der Waals surface area (Å²) in [7, 11) is -3.62. The Morgan fingerprint density at radius 3 is 2.47 bits per heavy atom. The van der Waals surface area contributed by atoms with Crippen LogP contribution in [-0.2, 0) is 10.0 Å². The SMILES string of the molecule is CC(C)NC1=NS(=O)(=O)c2ccc(C(C)C)cc2N1. The molecule has 2 N–H and O–H groups in total. The summed E-state index contributed by atoms with van der Waals surface area (Å²) < 4.78 is 27.9. The number of hydrogen-bond acceptors (Lipinski definition) is 4. The molecule has 1 aromatic carbocycles. The van der Waals surface area contributed by atoms with Gasteiger partial charge < -0.3 is 10.6 Å². The first-order valence-electron chi connectivity index (χ1n) is 6.32. The van der Waals surface area contributed by atoms with Gasteiger partial charge in [-0.3, -0.25) is 0 Å². The Morgan fingerprint density at radius 2 is 1.89 bits per heavy atom. The third kappa shape index (κ3) is 2.89. The fourth-order valence-electron chi connectivity index (χ4n) is 1.88. The maximum absolute atomic E-state index is 12.1. The smallest absolute Gasteiger partial charge is 0.287 e. The van der Waals surface area contributed by atoms with Gasteiger partial charge in [0.2, 0.25) is 5.96 Å². The molecule has 1 aliphatic heterocycles. The van der Waals surface area contributed by atoms with Crippen molar-refractivity contribution in [3.05, 3.63) is 23.8 Å². The molecule has 5 nitrogen and oxygen atoms in total. The third-order valence-corrected chi connectivity index (χ3v) is 4.17. The highest BCUT2D eigenvalue weighted by Gasteiger charge is 2.25. The summed E-state index contributed by atoms with van der Waals surface area (Å²) in [6.07, 6.45) is 0. The Bertz CT molecular complexity index is 619. The molecule has 2 rings (SSSR count). The second-order valence-corrected chi connectivity index (χ2v) is 6.82. The van der Waals surface area contributed by atoms with E-state index >= 15 is 0 Å². The predicted molar refractivity (Wildman–Crippen MR) is 77.0 cm³/mol. The second kappa shape index (κ2) is 4.85. The lowest BCUT2D eigenvalue weighted by Crippen LogP contribution is -2.38. The van der Waals surface area contributed by atoms with Crippen molar-refractivity contribution >= 4 is 21.7 Å². The molecular formula is C13H19N3O2S. The molecular weight excluding hydrogens is 262 g/mol.